The summed E-state index contributed by atoms with van der Waals surface area (Å²) in [5, 5.41) is 1.67. The molecule has 0 saturated carbocycles. The molecule has 2 heterocycles. The molecule has 0 aliphatic rings. The zero-order chi connectivity index (χ0) is 30.2. The van der Waals surface area contributed by atoms with Crippen molar-refractivity contribution in [1.82, 2.24) is 0 Å². The minimum absolute atomic E-state index is 0.160. The van der Waals surface area contributed by atoms with Crippen LogP contribution < -0.4 is 0 Å². The molecule has 0 nitrogen and oxygen atoms in total. The molecule has 6 aromatic rings. The van der Waals surface area contributed by atoms with Crippen LogP contribution in [0, 0.1) is 16.8 Å². The number of halogens is 3. The number of aryl methyl sites for hydroxylation is 2. The smallest absolute Gasteiger partial charge is 0.176 e. The van der Waals surface area contributed by atoms with E-state index in [9.17, 15) is 13.2 Å². The Kier molecular flexibility index (Phi) is 10.3. The van der Waals surface area contributed by atoms with Crippen LogP contribution in [0.25, 0.3) is 43.1 Å². The summed E-state index contributed by atoms with van der Waals surface area (Å²) in [5.74, 6) is -0.482. The van der Waals surface area contributed by atoms with Crippen LogP contribution in [0.2, 0.25) is 0 Å². The first-order valence-electron chi connectivity index (χ1n) is 14.5. The quantitative estimate of drug-likeness (QED) is 0.161. The van der Waals surface area contributed by atoms with Gasteiger partial charge in [-0.15, -0.1) is 22.7 Å². The summed E-state index contributed by atoms with van der Waals surface area (Å²) in [6.45, 7) is 4.32. The average Bonchev–Trinajstić information content (AvgIpc) is 3.71. The van der Waals surface area contributed by atoms with Crippen molar-refractivity contribution in [3.05, 3.63) is 142 Å². The van der Waals surface area contributed by atoms with Crippen molar-refractivity contribution in [2.75, 3.05) is 0 Å². The molecule has 0 atom stereocenters. The second kappa shape index (κ2) is 14.5. The summed E-state index contributed by atoms with van der Waals surface area (Å²) in [4.78, 5) is 1.58. The van der Waals surface area contributed by atoms with E-state index in [1.807, 2.05) is 47.8 Å². The van der Waals surface area contributed by atoms with Crippen LogP contribution in [-0.2, 0) is 12.8 Å². The van der Waals surface area contributed by atoms with Crippen molar-refractivity contribution >= 4 is 22.7 Å². The van der Waals surface area contributed by atoms with Gasteiger partial charge in [0, 0.05) is 20.9 Å². The van der Waals surface area contributed by atoms with Crippen LogP contribution in [0.15, 0.2) is 115 Å². The Morgan fingerprint density at radius 2 is 1.00 bits per heavy atom. The summed E-state index contributed by atoms with van der Waals surface area (Å²) in [7, 11) is 0. The van der Waals surface area contributed by atoms with Crippen LogP contribution in [0.4, 0.5) is 13.2 Å². The van der Waals surface area contributed by atoms with E-state index in [1.165, 1.54) is 23.3 Å². The number of rotatable bonds is 8. The molecular weight excluding hydrogens is 578 g/mol. The Morgan fingerprint density at radius 1 is 0.512 bits per heavy atom. The molecule has 4 aromatic carbocycles. The molecule has 0 amide bonds. The fraction of sp³-hybridized carbons (Fsp3) is 0.158. The topological polar surface area (TPSA) is 0 Å². The highest BCUT2D eigenvalue weighted by Crippen LogP contribution is 2.33. The molecule has 0 bridgehead atoms. The van der Waals surface area contributed by atoms with Gasteiger partial charge in [0.25, 0.3) is 0 Å². The lowest BCUT2D eigenvalue weighted by Crippen LogP contribution is -1.86. The summed E-state index contributed by atoms with van der Waals surface area (Å²) in [6, 6.07) is 34.1. The minimum Gasteiger partial charge on any atom is -0.206 e. The standard InChI is InChI=1S/C19H16F2S.C19H17FS/c1-2-3-13-4-6-14(7-5-13)15-8-9-16(17(20)12-15)18-10-11-19(21)22-18;1-2-4-14-6-8-15(9-7-14)16-10-11-17(18(20)13-16)19-5-3-12-21-19/h4-12H,2-3H2,1H3;3,5-13H,2,4H2,1H3. The van der Waals surface area contributed by atoms with E-state index in [2.05, 4.69) is 50.2 Å². The van der Waals surface area contributed by atoms with Crippen LogP contribution in [0.1, 0.15) is 37.8 Å². The van der Waals surface area contributed by atoms with Crippen LogP contribution in [0.3, 0.4) is 0 Å². The normalized spacial score (nSPS) is 10.8. The van der Waals surface area contributed by atoms with Crippen molar-refractivity contribution in [3.8, 4) is 43.1 Å². The maximum atomic E-state index is 14.3. The molecule has 218 valence electrons. The predicted molar refractivity (Wildman–Crippen MR) is 178 cm³/mol. The van der Waals surface area contributed by atoms with Crippen molar-refractivity contribution in [3.63, 3.8) is 0 Å². The fourth-order valence-corrected chi connectivity index (χ4v) is 6.50. The van der Waals surface area contributed by atoms with Crippen molar-refractivity contribution < 1.29 is 13.2 Å². The second-order valence-corrected chi connectivity index (χ2v) is 12.3. The highest BCUT2D eigenvalue weighted by Gasteiger charge is 2.11. The molecule has 0 aliphatic carbocycles. The Balaban J connectivity index is 0.000000171. The first kappa shape index (κ1) is 30.5. The third-order valence-electron chi connectivity index (χ3n) is 7.22. The number of hydrogen-bond donors (Lipinski definition) is 0. The summed E-state index contributed by atoms with van der Waals surface area (Å²) in [5.41, 5.74) is 7.55. The first-order valence-corrected chi connectivity index (χ1v) is 16.2. The molecule has 2 aromatic heterocycles. The van der Waals surface area contributed by atoms with Gasteiger partial charge in [0.2, 0.25) is 0 Å². The van der Waals surface area contributed by atoms with Crippen molar-refractivity contribution in [1.29, 1.82) is 0 Å². The van der Waals surface area contributed by atoms with Gasteiger partial charge in [-0.2, -0.15) is 4.39 Å². The van der Waals surface area contributed by atoms with Gasteiger partial charge in [0.05, 0.1) is 0 Å². The molecule has 0 aliphatic heterocycles. The minimum atomic E-state index is -0.322. The molecule has 0 radical (unpaired) electrons. The molecule has 0 N–H and O–H groups in total. The lowest BCUT2D eigenvalue weighted by molar-refractivity contribution is 0.632. The molecule has 5 heteroatoms. The summed E-state index contributed by atoms with van der Waals surface area (Å²) < 4.78 is 41.7. The number of benzene rings is 4. The molecule has 0 fully saturated rings. The Morgan fingerprint density at radius 3 is 1.40 bits per heavy atom. The SMILES string of the molecule is CCCc1ccc(-c2ccc(-c3ccc(F)s3)c(F)c2)cc1.CCCc1ccc(-c2ccc(-c3cccs3)c(F)c2)cc1. The third kappa shape index (κ3) is 7.73. The van der Waals surface area contributed by atoms with E-state index in [4.69, 9.17) is 0 Å². The summed E-state index contributed by atoms with van der Waals surface area (Å²) in [6.07, 6.45) is 4.40. The molecule has 6 rings (SSSR count). The van der Waals surface area contributed by atoms with Crippen molar-refractivity contribution in [2.24, 2.45) is 0 Å². The van der Waals surface area contributed by atoms with E-state index in [0.717, 1.165) is 64.2 Å². The van der Waals surface area contributed by atoms with Crippen LogP contribution in [-0.4, -0.2) is 0 Å². The average molecular weight is 611 g/mol. The molecule has 0 saturated heterocycles. The van der Waals surface area contributed by atoms with Crippen LogP contribution in [0.5, 0.6) is 0 Å². The lowest BCUT2D eigenvalue weighted by Gasteiger charge is -2.06. The Labute approximate surface area is 260 Å². The van der Waals surface area contributed by atoms with E-state index < -0.39 is 0 Å². The van der Waals surface area contributed by atoms with E-state index in [1.54, 1.807) is 29.5 Å². The van der Waals surface area contributed by atoms with Gasteiger partial charge in [-0.1, -0.05) is 93.4 Å². The van der Waals surface area contributed by atoms with Gasteiger partial charge < -0.3 is 0 Å². The molecule has 0 spiro atoms. The van der Waals surface area contributed by atoms with Gasteiger partial charge in [-0.05, 0) is 94.1 Å². The zero-order valence-corrected chi connectivity index (χ0v) is 25.9. The molecule has 0 unspecified atom stereocenters. The monoisotopic (exact) mass is 610 g/mol. The van der Waals surface area contributed by atoms with E-state index in [0.29, 0.717) is 16.0 Å². The zero-order valence-electron chi connectivity index (χ0n) is 24.2. The van der Waals surface area contributed by atoms with Gasteiger partial charge >= 0.3 is 0 Å². The highest BCUT2D eigenvalue weighted by molar-refractivity contribution is 7.14. The number of hydrogen-bond acceptors (Lipinski definition) is 2. The molecular formula is C38H33F3S2. The third-order valence-corrected chi connectivity index (χ3v) is 9.03. The summed E-state index contributed by atoms with van der Waals surface area (Å²) >= 11 is 2.52. The first-order chi connectivity index (χ1) is 20.9. The Hall–Kier alpha value is -3.93. The van der Waals surface area contributed by atoms with Gasteiger partial charge in [-0.3, -0.25) is 0 Å². The van der Waals surface area contributed by atoms with Crippen LogP contribution >= 0.6 is 22.7 Å². The van der Waals surface area contributed by atoms with E-state index in [-0.39, 0.29) is 16.8 Å². The lowest BCUT2D eigenvalue weighted by atomic mass is 10.0. The second-order valence-electron chi connectivity index (χ2n) is 10.4. The predicted octanol–water partition coefficient (Wildman–Crippen LogP) is 12.5. The van der Waals surface area contributed by atoms with Gasteiger partial charge in [0.15, 0.2) is 5.13 Å². The Bertz CT molecular complexity index is 1750. The van der Waals surface area contributed by atoms with Gasteiger partial charge in [0.1, 0.15) is 11.6 Å². The number of thiophene rings is 2. The fourth-order valence-electron chi connectivity index (χ4n) is 4.98. The maximum Gasteiger partial charge on any atom is 0.176 e. The largest absolute Gasteiger partial charge is 0.206 e. The molecule has 43 heavy (non-hydrogen) atoms. The van der Waals surface area contributed by atoms with Crippen molar-refractivity contribution in [2.45, 2.75) is 39.5 Å². The highest BCUT2D eigenvalue weighted by atomic mass is 32.1. The van der Waals surface area contributed by atoms with E-state index >= 15 is 0 Å². The van der Waals surface area contributed by atoms with Gasteiger partial charge in [-0.25, -0.2) is 8.78 Å². The maximum absolute atomic E-state index is 14.3.